The maximum atomic E-state index is 9.06. The number of halogens is 1. The van der Waals surface area contributed by atoms with Gasteiger partial charge in [-0.3, -0.25) is 4.99 Å². The van der Waals surface area contributed by atoms with E-state index in [0.717, 1.165) is 44.2 Å². The molecule has 0 amide bonds. The molecule has 0 aliphatic carbocycles. The molecule has 0 spiro atoms. The predicted octanol–water partition coefficient (Wildman–Crippen LogP) is 1.97. The van der Waals surface area contributed by atoms with Crippen molar-refractivity contribution in [3.05, 3.63) is 29.3 Å². The summed E-state index contributed by atoms with van der Waals surface area (Å²) >= 11 is 0. The first-order chi connectivity index (χ1) is 10.7. The third kappa shape index (κ3) is 6.55. The summed E-state index contributed by atoms with van der Waals surface area (Å²) in [6.07, 6.45) is 1.97. The number of ether oxygens (including phenoxy) is 1. The molecule has 0 aromatic heterocycles. The van der Waals surface area contributed by atoms with Gasteiger partial charge in [0.2, 0.25) is 0 Å². The molecule has 1 atom stereocenters. The lowest BCUT2D eigenvalue weighted by atomic mass is 10.1. The Balaban J connectivity index is 0.00000264. The van der Waals surface area contributed by atoms with Crippen LogP contribution in [0.2, 0.25) is 0 Å². The van der Waals surface area contributed by atoms with Crippen molar-refractivity contribution < 1.29 is 9.84 Å². The number of nitrogens with one attached hydrogen (secondary N) is 2. The van der Waals surface area contributed by atoms with Crippen LogP contribution in [0.4, 0.5) is 0 Å². The van der Waals surface area contributed by atoms with E-state index >= 15 is 0 Å². The molecule has 6 heteroatoms. The lowest BCUT2D eigenvalue weighted by Gasteiger charge is -2.12. The molecule has 1 aromatic rings. The van der Waals surface area contributed by atoms with Gasteiger partial charge in [-0.05, 0) is 36.5 Å². The zero-order valence-electron chi connectivity index (χ0n) is 14.0. The van der Waals surface area contributed by atoms with Crippen LogP contribution < -0.4 is 15.4 Å². The van der Waals surface area contributed by atoms with Gasteiger partial charge in [0, 0.05) is 32.7 Å². The van der Waals surface area contributed by atoms with Crippen LogP contribution in [0, 0.1) is 5.92 Å². The van der Waals surface area contributed by atoms with E-state index in [-0.39, 0.29) is 36.5 Å². The zero-order chi connectivity index (χ0) is 15.8. The van der Waals surface area contributed by atoms with Crippen molar-refractivity contribution in [1.29, 1.82) is 0 Å². The average Bonchev–Trinajstić information content (AvgIpc) is 2.99. The Morgan fingerprint density at radius 3 is 2.96 bits per heavy atom. The highest BCUT2D eigenvalue weighted by molar-refractivity contribution is 14.0. The van der Waals surface area contributed by atoms with Gasteiger partial charge in [0.05, 0.1) is 6.61 Å². The van der Waals surface area contributed by atoms with Gasteiger partial charge in [-0.15, -0.1) is 24.0 Å². The number of hydrogen-bond acceptors (Lipinski definition) is 3. The van der Waals surface area contributed by atoms with Crippen molar-refractivity contribution in [3.8, 4) is 5.75 Å². The minimum atomic E-state index is 0. The molecule has 3 N–H and O–H groups in total. The average molecular weight is 433 g/mol. The summed E-state index contributed by atoms with van der Waals surface area (Å²) in [5, 5.41) is 15.6. The number of fused-ring (bicyclic) bond motifs is 1. The predicted molar refractivity (Wildman–Crippen MR) is 105 cm³/mol. The van der Waals surface area contributed by atoms with Gasteiger partial charge in [-0.2, -0.15) is 0 Å². The molecule has 1 unspecified atom stereocenters. The fourth-order valence-electron chi connectivity index (χ4n) is 2.37. The molecule has 1 aromatic carbocycles. The highest BCUT2D eigenvalue weighted by Crippen LogP contribution is 2.25. The normalized spacial score (nSPS) is 14.5. The van der Waals surface area contributed by atoms with Crippen molar-refractivity contribution in [2.75, 3.05) is 32.8 Å². The van der Waals surface area contributed by atoms with Crippen molar-refractivity contribution in [2.45, 2.75) is 26.7 Å². The van der Waals surface area contributed by atoms with Gasteiger partial charge in [-0.25, -0.2) is 0 Å². The molecule has 5 nitrogen and oxygen atoms in total. The van der Waals surface area contributed by atoms with E-state index < -0.39 is 0 Å². The number of guanidine groups is 1. The summed E-state index contributed by atoms with van der Waals surface area (Å²) in [5.41, 5.74) is 2.63. The second-order valence-electron chi connectivity index (χ2n) is 5.72. The molecular weight excluding hydrogens is 405 g/mol. The summed E-state index contributed by atoms with van der Waals surface area (Å²) in [7, 11) is 0. The van der Waals surface area contributed by atoms with Crippen LogP contribution in [0.25, 0.3) is 0 Å². The minimum absolute atomic E-state index is 0. The topological polar surface area (TPSA) is 65.9 Å². The smallest absolute Gasteiger partial charge is 0.191 e. The maximum absolute atomic E-state index is 9.06. The minimum Gasteiger partial charge on any atom is -0.493 e. The van der Waals surface area contributed by atoms with Crippen LogP contribution in [-0.2, 0) is 12.8 Å². The summed E-state index contributed by atoms with van der Waals surface area (Å²) < 4.78 is 5.53. The Morgan fingerprint density at radius 1 is 1.39 bits per heavy atom. The second-order valence-corrected chi connectivity index (χ2v) is 5.72. The first-order valence-corrected chi connectivity index (χ1v) is 8.10. The number of aliphatic hydroxyl groups excluding tert-OH is 1. The highest BCUT2D eigenvalue weighted by atomic mass is 127. The third-order valence-corrected chi connectivity index (χ3v) is 3.68. The molecular formula is C17H28IN3O2. The number of hydrogen-bond donors (Lipinski definition) is 3. The van der Waals surface area contributed by atoms with Gasteiger partial charge < -0.3 is 20.5 Å². The van der Waals surface area contributed by atoms with Crippen LogP contribution in [0.3, 0.4) is 0 Å². The number of aliphatic imine (C=N–C) groups is 1. The first-order valence-electron chi connectivity index (χ1n) is 8.10. The number of nitrogens with zero attached hydrogens (tertiary/aromatic N) is 1. The Kier molecular flexibility index (Phi) is 9.31. The molecule has 1 heterocycles. The largest absolute Gasteiger partial charge is 0.493 e. The highest BCUT2D eigenvalue weighted by Gasteiger charge is 2.11. The van der Waals surface area contributed by atoms with Crippen molar-refractivity contribution in [3.63, 3.8) is 0 Å². The van der Waals surface area contributed by atoms with Gasteiger partial charge in [-0.1, -0.05) is 19.1 Å². The monoisotopic (exact) mass is 433 g/mol. The van der Waals surface area contributed by atoms with Crippen LogP contribution in [0.5, 0.6) is 5.75 Å². The van der Waals surface area contributed by atoms with Crippen LogP contribution in [0.15, 0.2) is 23.2 Å². The Hall–Kier alpha value is -1.02. The standard InChI is InChI=1S/C17H27N3O2.HI/c1-3-18-17(20-11-13(2)12-21)19-8-6-14-4-5-16-15(10-14)7-9-22-16;/h4-5,10,13,21H,3,6-9,11-12H2,1-2H3,(H2,18,19,20);1H. The lowest BCUT2D eigenvalue weighted by molar-refractivity contribution is 0.241. The third-order valence-electron chi connectivity index (χ3n) is 3.68. The maximum Gasteiger partial charge on any atom is 0.191 e. The Bertz CT molecular complexity index is 509. The van der Waals surface area contributed by atoms with Gasteiger partial charge in [0.25, 0.3) is 0 Å². The van der Waals surface area contributed by atoms with E-state index in [0.29, 0.717) is 6.54 Å². The summed E-state index contributed by atoms with van der Waals surface area (Å²) in [6.45, 7) is 7.29. The van der Waals surface area contributed by atoms with Crippen LogP contribution in [-0.4, -0.2) is 43.9 Å². The van der Waals surface area contributed by atoms with Crippen molar-refractivity contribution in [2.24, 2.45) is 10.9 Å². The van der Waals surface area contributed by atoms with Gasteiger partial charge in [0.1, 0.15) is 5.75 Å². The Morgan fingerprint density at radius 2 is 2.22 bits per heavy atom. The number of aliphatic hydroxyl groups is 1. The SMILES string of the molecule is CCNC(=NCC(C)CO)NCCc1ccc2c(c1)CCO2.I. The van der Waals surface area contributed by atoms with Crippen LogP contribution in [0.1, 0.15) is 25.0 Å². The lowest BCUT2D eigenvalue weighted by Crippen LogP contribution is -2.38. The molecule has 0 saturated heterocycles. The van der Waals surface area contributed by atoms with Crippen molar-refractivity contribution in [1.82, 2.24) is 10.6 Å². The Labute approximate surface area is 155 Å². The molecule has 130 valence electrons. The fourth-order valence-corrected chi connectivity index (χ4v) is 2.37. The molecule has 0 fully saturated rings. The summed E-state index contributed by atoms with van der Waals surface area (Å²) in [4.78, 5) is 4.49. The van der Waals surface area contributed by atoms with E-state index in [2.05, 4.69) is 33.8 Å². The van der Waals surface area contributed by atoms with E-state index in [1.54, 1.807) is 0 Å². The molecule has 2 rings (SSSR count). The van der Waals surface area contributed by atoms with Gasteiger partial charge in [0.15, 0.2) is 5.96 Å². The molecule has 0 saturated carbocycles. The molecule has 1 aliphatic rings. The van der Waals surface area contributed by atoms with E-state index in [1.165, 1.54) is 11.1 Å². The quantitative estimate of drug-likeness (QED) is 0.350. The molecule has 1 aliphatic heterocycles. The zero-order valence-corrected chi connectivity index (χ0v) is 16.3. The number of benzene rings is 1. The van der Waals surface area contributed by atoms with E-state index in [9.17, 15) is 0 Å². The number of rotatable bonds is 7. The fraction of sp³-hybridized carbons (Fsp3) is 0.588. The summed E-state index contributed by atoms with van der Waals surface area (Å²) in [5.74, 6) is 2.03. The second kappa shape index (κ2) is 10.7. The molecule has 23 heavy (non-hydrogen) atoms. The summed E-state index contributed by atoms with van der Waals surface area (Å²) in [6, 6.07) is 6.44. The molecule has 0 radical (unpaired) electrons. The van der Waals surface area contributed by atoms with Crippen LogP contribution >= 0.6 is 24.0 Å². The van der Waals surface area contributed by atoms with Gasteiger partial charge >= 0.3 is 0 Å². The molecule has 0 bridgehead atoms. The van der Waals surface area contributed by atoms with E-state index in [1.807, 2.05) is 13.8 Å². The first kappa shape index (κ1) is 20.0. The van der Waals surface area contributed by atoms with E-state index in [4.69, 9.17) is 9.84 Å². The van der Waals surface area contributed by atoms with Crippen molar-refractivity contribution >= 4 is 29.9 Å².